The first kappa shape index (κ1) is 20.3. The smallest absolute Gasteiger partial charge is 0.240 e. The van der Waals surface area contributed by atoms with Gasteiger partial charge in [-0.2, -0.15) is 0 Å². The third-order valence-corrected chi connectivity index (χ3v) is 6.24. The highest BCUT2D eigenvalue weighted by Crippen LogP contribution is 2.30. The minimum atomic E-state index is -0.316. The van der Waals surface area contributed by atoms with Gasteiger partial charge in [-0.25, -0.2) is 4.39 Å². The third-order valence-electron chi connectivity index (χ3n) is 6.24. The number of aromatic nitrogens is 1. The van der Waals surface area contributed by atoms with Crippen LogP contribution in [0.4, 0.5) is 4.39 Å². The molecule has 1 saturated carbocycles. The van der Waals surface area contributed by atoms with Crippen molar-refractivity contribution in [3.8, 4) is 11.3 Å². The molecule has 0 aliphatic heterocycles. The van der Waals surface area contributed by atoms with Crippen molar-refractivity contribution in [1.82, 2.24) is 9.88 Å². The van der Waals surface area contributed by atoms with Gasteiger partial charge in [0.1, 0.15) is 12.4 Å². The molecule has 1 aromatic heterocycles. The Morgan fingerprint density at radius 3 is 2.50 bits per heavy atom. The van der Waals surface area contributed by atoms with Gasteiger partial charge in [-0.05, 0) is 68.0 Å². The summed E-state index contributed by atoms with van der Waals surface area (Å²) in [6, 6.07) is 8.11. The first-order valence-corrected chi connectivity index (χ1v) is 10.0. The molecule has 0 saturated heterocycles. The molecule has 0 bridgehead atoms. The summed E-state index contributed by atoms with van der Waals surface area (Å²) in [5, 5.41) is 3.20. The Labute approximate surface area is 166 Å². The average Bonchev–Trinajstić information content (AvgIpc) is 2.96. The van der Waals surface area contributed by atoms with Gasteiger partial charge in [0, 0.05) is 23.0 Å². The SMILES string of the molecule is CC(=O)c1cc(-c2ccc(F)cc2)n(CC(=O)N[C@@H]2CCC[C@@H](C)[C@@H]2C)c1C. The number of hydrogen-bond acceptors (Lipinski definition) is 2. The molecule has 1 N–H and O–H groups in total. The summed E-state index contributed by atoms with van der Waals surface area (Å²) in [5.74, 6) is 0.639. The lowest BCUT2D eigenvalue weighted by atomic mass is 9.78. The fourth-order valence-electron chi connectivity index (χ4n) is 4.25. The van der Waals surface area contributed by atoms with E-state index < -0.39 is 0 Å². The van der Waals surface area contributed by atoms with Gasteiger partial charge in [0.15, 0.2) is 5.78 Å². The van der Waals surface area contributed by atoms with Gasteiger partial charge in [-0.3, -0.25) is 9.59 Å². The third kappa shape index (κ3) is 4.18. The summed E-state index contributed by atoms with van der Waals surface area (Å²) < 4.78 is 15.2. The van der Waals surface area contributed by atoms with Crippen LogP contribution in [-0.2, 0) is 11.3 Å². The molecule has 1 aliphatic rings. The van der Waals surface area contributed by atoms with Gasteiger partial charge >= 0.3 is 0 Å². The second-order valence-corrected chi connectivity index (χ2v) is 8.12. The van der Waals surface area contributed by atoms with Crippen molar-refractivity contribution in [2.45, 2.75) is 59.5 Å². The van der Waals surface area contributed by atoms with Gasteiger partial charge in [0.2, 0.25) is 5.91 Å². The van der Waals surface area contributed by atoms with E-state index in [1.165, 1.54) is 25.5 Å². The van der Waals surface area contributed by atoms with E-state index in [9.17, 15) is 14.0 Å². The van der Waals surface area contributed by atoms with Gasteiger partial charge in [-0.15, -0.1) is 0 Å². The van der Waals surface area contributed by atoms with Crippen molar-refractivity contribution in [3.05, 3.63) is 47.4 Å². The number of Topliss-reactive ketones (excluding diaryl/α,β-unsaturated/α-hetero) is 1. The van der Waals surface area contributed by atoms with Crippen LogP contribution in [0.5, 0.6) is 0 Å². The molecule has 1 heterocycles. The van der Waals surface area contributed by atoms with Crippen molar-refractivity contribution < 1.29 is 14.0 Å². The van der Waals surface area contributed by atoms with Crippen molar-refractivity contribution >= 4 is 11.7 Å². The molecule has 0 unspecified atom stereocenters. The second-order valence-electron chi connectivity index (χ2n) is 8.12. The monoisotopic (exact) mass is 384 g/mol. The second kappa shape index (κ2) is 8.29. The van der Waals surface area contributed by atoms with Crippen molar-refractivity contribution in [2.24, 2.45) is 11.8 Å². The Bertz CT molecular complexity index is 869. The van der Waals surface area contributed by atoms with Gasteiger partial charge in [-0.1, -0.05) is 26.7 Å². The molecule has 1 aromatic carbocycles. The highest BCUT2D eigenvalue weighted by Gasteiger charge is 2.28. The largest absolute Gasteiger partial charge is 0.352 e. The quantitative estimate of drug-likeness (QED) is 0.757. The number of halogens is 1. The molecule has 0 spiro atoms. The Morgan fingerprint density at radius 2 is 1.86 bits per heavy atom. The topological polar surface area (TPSA) is 51.1 Å². The Morgan fingerprint density at radius 1 is 1.18 bits per heavy atom. The molecule has 2 aromatic rings. The van der Waals surface area contributed by atoms with Crippen LogP contribution in [0.2, 0.25) is 0 Å². The molecule has 5 heteroatoms. The summed E-state index contributed by atoms with van der Waals surface area (Å²) in [7, 11) is 0. The van der Waals surface area contributed by atoms with Crippen molar-refractivity contribution in [3.63, 3.8) is 0 Å². The lowest BCUT2D eigenvalue weighted by Gasteiger charge is -2.34. The van der Waals surface area contributed by atoms with Crippen molar-refractivity contribution in [1.29, 1.82) is 0 Å². The minimum Gasteiger partial charge on any atom is -0.352 e. The zero-order valence-electron chi connectivity index (χ0n) is 17.1. The van der Waals surface area contributed by atoms with Crippen LogP contribution in [0.25, 0.3) is 11.3 Å². The van der Waals surface area contributed by atoms with Crippen LogP contribution in [0, 0.1) is 24.6 Å². The maximum atomic E-state index is 13.3. The lowest BCUT2D eigenvalue weighted by Crippen LogP contribution is -2.44. The maximum absolute atomic E-state index is 13.3. The van der Waals surface area contributed by atoms with E-state index >= 15 is 0 Å². The van der Waals surface area contributed by atoms with Crippen LogP contribution in [0.1, 0.15) is 56.1 Å². The highest BCUT2D eigenvalue weighted by molar-refractivity contribution is 5.97. The number of ketones is 1. The molecule has 0 radical (unpaired) electrons. The predicted molar refractivity (Wildman–Crippen MR) is 109 cm³/mol. The molecule has 1 aliphatic carbocycles. The molecule has 3 atom stereocenters. The minimum absolute atomic E-state index is 0.0465. The van der Waals surface area contributed by atoms with Crippen LogP contribution in [-0.4, -0.2) is 22.3 Å². The molecule has 4 nitrogen and oxygen atoms in total. The number of rotatable bonds is 5. The van der Waals surface area contributed by atoms with E-state index in [1.54, 1.807) is 18.2 Å². The number of amides is 1. The van der Waals surface area contributed by atoms with E-state index in [-0.39, 0.29) is 30.1 Å². The molecule has 1 amide bonds. The number of benzene rings is 1. The molecular weight excluding hydrogens is 355 g/mol. The van der Waals surface area contributed by atoms with Crippen LogP contribution in [0.15, 0.2) is 30.3 Å². The summed E-state index contributed by atoms with van der Waals surface area (Å²) in [6.07, 6.45) is 3.35. The normalized spacial score (nSPS) is 22.1. The molecule has 3 rings (SSSR count). The van der Waals surface area contributed by atoms with E-state index in [0.717, 1.165) is 29.8 Å². The van der Waals surface area contributed by atoms with Crippen LogP contribution >= 0.6 is 0 Å². The predicted octanol–water partition coefficient (Wildman–Crippen LogP) is 4.75. The summed E-state index contributed by atoms with van der Waals surface area (Å²) in [4.78, 5) is 24.9. The Kier molecular flexibility index (Phi) is 6.01. The zero-order valence-corrected chi connectivity index (χ0v) is 17.1. The van der Waals surface area contributed by atoms with E-state index in [4.69, 9.17) is 0 Å². The molecular formula is C23H29FN2O2. The summed E-state index contributed by atoms with van der Waals surface area (Å²) in [6.45, 7) is 7.95. The summed E-state index contributed by atoms with van der Waals surface area (Å²) in [5.41, 5.74) is 2.88. The highest BCUT2D eigenvalue weighted by atomic mass is 19.1. The number of carbonyl (C=O) groups is 2. The number of carbonyl (C=O) groups excluding carboxylic acids is 2. The lowest BCUT2D eigenvalue weighted by molar-refractivity contribution is -0.123. The Hall–Kier alpha value is -2.43. The van der Waals surface area contributed by atoms with Gasteiger partial charge in [0.25, 0.3) is 0 Å². The van der Waals surface area contributed by atoms with E-state index in [1.807, 2.05) is 11.5 Å². The average molecular weight is 384 g/mol. The first-order chi connectivity index (χ1) is 13.3. The standard InChI is InChI=1S/C23H29FN2O2/c1-14-6-5-7-21(15(14)2)25-23(28)13-26-16(3)20(17(4)27)12-22(26)18-8-10-19(24)11-9-18/h8-12,14-15,21H,5-7,13H2,1-4H3,(H,25,28)/t14-,15+,21-/m1/s1. The maximum Gasteiger partial charge on any atom is 0.240 e. The van der Waals surface area contributed by atoms with E-state index in [0.29, 0.717) is 17.4 Å². The molecule has 28 heavy (non-hydrogen) atoms. The van der Waals surface area contributed by atoms with Crippen LogP contribution in [0.3, 0.4) is 0 Å². The molecule has 150 valence electrons. The first-order valence-electron chi connectivity index (χ1n) is 10.0. The fourth-order valence-corrected chi connectivity index (χ4v) is 4.25. The van der Waals surface area contributed by atoms with Gasteiger partial charge < -0.3 is 9.88 Å². The summed E-state index contributed by atoms with van der Waals surface area (Å²) >= 11 is 0. The number of nitrogens with one attached hydrogen (secondary N) is 1. The zero-order chi connectivity index (χ0) is 20.4. The Balaban J connectivity index is 1.86. The fraction of sp³-hybridized carbons (Fsp3) is 0.478. The number of nitrogens with zero attached hydrogens (tertiary/aromatic N) is 1. The molecule has 1 fully saturated rings. The number of hydrogen-bond donors (Lipinski definition) is 1. The van der Waals surface area contributed by atoms with E-state index in [2.05, 4.69) is 19.2 Å². The van der Waals surface area contributed by atoms with Gasteiger partial charge in [0.05, 0.1) is 0 Å². The van der Waals surface area contributed by atoms with Crippen molar-refractivity contribution in [2.75, 3.05) is 0 Å². The van der Waals surface area contributed by atoms with Crippen LogP contribution < -0.4 is 5.32 Å².